The fourth-order valence-electron chi connectivity index (χ4n) is 2.47. The first kappa shape index (κ1) is 20.7. The van der Waals surface area contributed by atoms with Crippen molar-refractivity contribution in [2.75, 3.05) is 0 Å². The summed E-state index contributed by atoms with van der Waals surface area (Å²) < 4.78 is 0. The van der Waals surface area contributed by atoms with Gasteiger partial charge in [-0.15, -0.1) is 0 Å². The van der Waals surface area contributed by atoms with E-state index in [1.54, 1.807) is 23.2 Å². The van der Waals surface area contributed by atoms with Crippen molar-refractivity contribution in [1.82, 2.24) is 9.97 Å². The van der Waals surface area contributed by atoms with Crippen molar-refractivity contribution in [1.29, 1.82) is 0 Å². The van der Waals surface area contributed by atoms with E-state index in [2.05, 4.69) is 15.2 Å². The van der Waals surface area contributed by atoms with Gasteiger partial charge < -0.3 is 10.1 Å². The van der Waals surface area contributed by atoms with Crippen molar-refractivity contribution in [2.24, 2.45) is 10.2 Å². The molecule has 11 heteroatoms. The molecule has 0 bridgehead atoms. The second-order valence-electron chi connectivity index (χ2n) is 6.14. The van der Waals surface area contributed by atoms with Crippen LogP contribution in [0.5, 0.6) is 5.75 Å². The number of aromatic nitrogens is 2. The molecular weight excluding hydrogens is 414 g/mol. The largest absolute Gasteiger partial charge is 0.507 e. The number of nitro groups is 1. The van der Waals surface area contributed by atoms with Crippen LogP contribution in [-0.2, 0) is 0 Å². The number of hydrogen-bond donors (Lipinski definition) is 3. The van der Waals surface area contributed by atoms with Crippen LogP contribution in [0.4, 0.5) is 17.1 Å². The zero-order chi connectivity index (χ0) is 21.8. The fourth-order valence-corrected chi connectivity index (χ4v) is 2.64. The lowest BCUT2D eigenvalue weighted by molar-refractivity contribution is -0.386. The molecule has 3 rings (SSSR count). The summed E-state index contributed by atoms with van der Waals surface area (Å²) in [6.07, 6.45) is 2.44. The maximum absolute atomic E-state index is 11.7. The van der Waals surface area contributed by atoms with E-state index in [-0.39, 0.29) is 17.0 Å². The maximum atomic E-state index is 11.7. The summed E-state index contributed by atoms with van der Waals surface area (Å²) in [5.41, 5.74) is -1.10. The number of rotatable bonds is 5. The monoisotopic (exact) mass is 427 g/mol. The average Bonchev–Trinajstić information content (AvgIpc) is 2.68. The van der Waals surface area contributed by atoms with E-state index in [0.717, 1.165) is 11.6 Å². The van der Waals surface area contributed by atoms with Crippen LogP contribution in [0.3, 0.4) is 0 Å². The Balaban J connectivity index is 1.94. The number of nitrogens with zero attached hydrogens (tertiary/aromatic N) is 3. The summed E-state index contributed by atoms with van der Waals surface area (Å²) in [6.45, 7) is 1.86. The van der Waals surface area contributed by atoms with E-state index in [1.165, 1.54) is 24.3 Å². The van der Waals surface area contributed by atoms with Crippen molar-refractivity contribution >= 4 is 40.8 Å². The molecule has 0 saturated carbocycles. The Kier molecular flexibility index (Phi) is 5.88. The number of hydrogen-bond acceptors (Lipinski definition) is 7. The molecule has 3 aromatic rings. The van der Waals surface area contributed by atoms with Gasteiger partial charge in [0.15, 0.2) is 0 Å². The van der Waals surface area contributed by atoms with Gasteiger partial charge in [-0.1, -0.05) is 17.7 Å². The molecule has 2 aromatic carbocycles. The molecule has 1 aromatic heterocycles. The SMILES string of the molecule is Cc1ccc(N=Nc2ccc(O)c(/C=C/c3[nH]c(=O)[nH]c(=O)c3[N+](=O)[O-])c2)cc1Cl. The highest BCUT2D eigenvalue weighted by Gasteiger charge is 2.18. The van der Waals surface area contributed by atoms with Crippen LogP contribution >= 0.6 is 11.6 Å². The van der Waals surface area contributed by atoms with Crippen molar-refractivity contribution in [3.8, 4) is 5.75 Å². The van der Waals surface area contributed by atoms with Crippen LogP contribution in [0.2, 0.25) is 5.02 Å². The van der Waals surface area contributed by atoms with E-state index in [4.69, 9.17) is 11.6 Å². The molecule has 0 fully saturated rings. The molecule has 0 aliphatic carbocycles. The highest BCUT2D eigenvalue weighted by Crippen LogP contribution is 2.28. The molecular formula is C19H14ClN5O5. The number of phenols is 1. The molecule has 152 valence electrons. The lowest BCUT2D eigenvalue weighted by Crippen LogP contribution is -2.25. The minimum Gasteiger partial charge on any atom is -0.507 e. The fraction of sp³-hybridized carbons (Fsp3) is 0.0526. The van der Waals surface area contributed by atoms with Gasteiger partial charge in [0.2, 0.25) is 0 Å². The minimum absolute atomic E-state index is 0.140. The van der Waals surface area contributed by atoms with Gasteiger partial charge in [-0.25, -0.2) is 4.79 Å². The van der Waals surface area contributed by atoms with Crippen LogP contribution in [0.25, 0.3) is 12.2 Å². The third kappa shape index (κ3) is 4.67. The summed E-state index contributed by atoms with van der Waals surface area (Å²) in [5, 5.41) is 29.8. The molecule has 3 N–H and O–H groups in total. The Hall–Kier alpha value is -4.05. The van der Waals surface area contributed by atoms with Crippen molar-refractivity contribution < 1.29 is 10.0 Å². The number of aromatic amines is 2. The molecule has 0 aliphatic rings. The topological polar surface area (TPSA) is 154 Å². The summed E-state index contributed by atoms with van der Waals surface area (Å²) >= 11 is 6.06. The van der Waals surface area contributed by atoms with Gasteiger partial charge in [0.1, 0.15) is 11.4 Å². The molecule has 0 radical (unpaired) electrons. The zero-order valence-electron chi connectivity index (χ0n) is 15.4. The Morgan fingerprint density at radius 1 is 1.07 bits per heavy atom. The number of benzene rings is 2. The van der Waals surface area contributed by atoms with E-state index in [9.17, 15) is 24.8 Å². The minimum atomic E-state index is -1.13. The average molecular weight is 428 g/mol. The molecule has 0 atom stereocenters. The first-order valence-corrected chi connectivity index (χ1v) is 8.82. The molecule has 0 amide bonds. The standard InChI is InChI=1S/C19H14ClN5O5/c1-10-2-4-13(9-14(10)20)24-23-12-5-7-16(26)11(8-12)3-6-15-17(25(29)30)18(27)22-19(28)21-15/h2-9,26H,1H3,(H2,21,22,27,28)/b6-3+,24-23?. The number of aryl methyl sites for hydroxylation is 1. The van der Waals surface area contributed by atoms with Crippen molar-refractivity contribution in [3.63, 3.8) is 0 Å². The Morgan fingerprint density at radius 2 is 1.73 bits per heavy atom. The molecule has 10 nitrogen and oxygen atoms in total. The second kappa shape index (κ2) is 8.53. The van der Waals surface area contributed by atoms with Crippen molar-refractivity contribution in [2.45, 2.75) is 6.92 Å². The van der Waals surface area contributed by atoms with Crippen LogP contribution in [0.15, 0.2) is 56.2 Å². The first-order chi connectivity index (χ1) is 14.2. The third-order valence-corrected chi connectivity index (χ3v) is 4.41. The molecule has 1 heterocycles. The maximum Gasteiger partial charge on any atom is 0.357 e. The third-order valence-electron chi connectivity index (χ3n) is 4.01. The Labute approximate surface area is 173 Å². The summed E-state index contributed by atoms with van der Waals surface area (Å²) in [6, 6.07) is 9.56. The number of nitrogens with one attached hydrogen (secondary N) is 2. The van der Waals surface area contributed by atoms with Crippen LogP contribution in [-0.4, -0.2) is 20.0 Å². The second-order valence-corrected chi connectivity index (χ2v) is 6.54. The smallest absolute Gasteiger partial charge is 0.357 e. The van der Waals surface area contributed by atoms with Gasteiger partial charge in [0.25, 0.3) is 0 Å². The van der Waals surface area contributed by atoms with Crippen molar-refractivity contribution in [3.05, 3.63) is 89.2 Å². The highest BCUT2D eigenvalue weighted by molar-refractivity contribution is 6.31. The van der Waals surface area contributed by atoms with Crippen LogP contribution < -0.4 is 11.2 Å². The van der Waals surface area contributed by atoms with Gasteiger partial charge in [0, 0.05) is 10.6 Å². The summed E-state index contributed by atoms with van der Waals surface area (Å²) in [4.78, 5) is 37.2. The molecule has 0 saturated heterocycles. The van der Waals surface area contributed by atoms with E-state index in [0.29, 0.717) is 16.4 Å². The summed E-state index contributed by atoms with van der Waals surface area (Å²) in [7, 11) is 0. The molecule has 0 unspecified atom stereocenters. The number of H-pyrrole nitrogens is 2. The predicted octanol–water partition coefficient (Wildman–Crippen LogP) is 4.22. The number of halogens is 1. The number of azo groups is 1. The predicted molar refractivity (Wildman–Crippen MR) is 112 cm³/mol. The molecule has 30 heavy (non-hydrogen) atoms. The normalized spacial score (nSPS) is 11.4. The lowest BCUT2D eigenvalue weighted by atomic mass is 10.1. The lowest BCUT2D eigenvalue weighted by Gasteiger charge is -2.01. The Morgan fingerprint density at radius 3 is 2.40 bits per heavy atom. The molecule has 0 aliphatic heterocycles. The quantitative estimate of drug-likeness (QED) is 0.316. The van der Waals surface area contributed by atoms with Gasteiger partial charge in [-0.3, -0.25) is 19.9 Å². The van der Waals surface area contributed by atoms with Gasteiger partial charge in [0.05, 0.1) is 16.3 Å². The number of phenolic OH excluding ortho intramolecular Hbond substituents is 1. The van der Waals surface area contributed by atoms with Crippen LogP contribution in [0, 0.1) is 17.0 Å². The van der Waals surface area contributed by atoms with E-state index in [1.807, 2.05) is 6.92 Å². The zero-order valence-corrected chi connectivity index (χ0v) is 16.2. The van der Waals surface area contributed by atoms with E-state index < -0.39 is 21.9 Å². The van der Waals surface area contributed by atoms with Gasteiger partial charge in [-0.05, 0) is 55.0 Å². The van der Waals surface area contributed by atoms with E-state index >= 15 is 0 Å². The van der Waals surface area contributed by atoms with Gasteiger partial charge >= 0.3 is 16.9 Å². The van der Waals surface area contributed by atoms with Crippen LogP contribution in [0.1, 0.15) is 16.8 Å². The molecule has 0 spiro atoms. The first-order valence-electron chi connectivity index (χ1n) is 8.44. The van der Waals surface area contributed by atoms with Gasteiger partial charge in [-0.2, -0.15) is 10.2 Å². The highest BCUT2D eigenvalue weighted by atomic mass is 35.5. The summed E-state index contributed by atoms with van der Waals surface area (Å²) in [5.74, 6) is -0.140. The number of aromatic hydroxyl groups is 1. The Bertz CT molecular complexity index is 1310.